The molecule has 8 nitrogen and oxygen atoms in total. The number of Topliss-reactive ketones (excluding diaryl/α,β-unsaturated/α-hetero) is 2. The highest BCUT2D eigenvalue weighted by Gasteiger charge is 2.22. The molecule has 0 aliphatic carbocycles. The van der Waals surface area contributed by atoms with Crippen LogP contribution in [0.2, 0.25) is 0 Å². The molecule has 0 bridgehead atoms. The first-order valence-corrected chi connectivity index (χ1v) is 12.3. The summed E-state index contributed by atoms with van der Waals surface area (Å²) in [6.07, 6.45) is 0.228. The van der Waals surface area contributed by atoms with Gasteiger partial charge in [0, 0.05) is 30.0 Å². The SMILES string of the molecule is CC(=O)c1ccc(OCCP(=O)(CCOc2ccc(C(C)=O)cc2)NCCC(=O)O)cc1. The van der Waals surface area contributed by atoms with Crippen LogP contribution in [-0.2, 0) is 9.36 Å². The van der Waals surface area contributed by atoms with Crippen molar-refractivity contribution in [2.45, 2.75) is 20.3 Å². The Morgan fingerprint density at radius 3 is 1.56 bits per heavy atom. The van der Waals surface area contributed by atoms with Crippen LogP contribution in [-0.4, -0.2) is 54.7 Å². The van der Waals surface area contributed by atoms with Crippen LogP contribution in [0.25, 0.3) is 0 Å². The maximum Gasteiger partial charge on any atom is 0.304 e. The third-order valence-corrected chi connectivity index (χ3v) is 7.31. The lowest BCUT2D eigenvalue weighted by Crippen LogP contribution is -2.23. The van der Waals surface area contributed by atoms with Gasteiger partial charge in [-0.2, -0.15) is 0 Å². The standard InChI is InChI=1S/C23H28NO7P/c1-17(25)19-3-7-21(8-4-19)30-13-15-32(29,24-12-11-23(27)28)16-14-31-22-9-5-20(6-10-22)18(2)26/h3-10H,11-16H2,1-2H3,(H,24,29)(H,27,28). The first kappa shape index (κ1) is 25.3. The molecule has 9 heteroatoms. The number of ketones is 2. The minimum absolute atomic E-state index is 0.0420. The van der Waals surface area contributed by atoms with Gasteiger partial charge in [-0.1, -0.05) is 0 Å². The van der Waals surface area contributed by atoms with Crippen molar-refractivity contribution in [3.63, 3.8) is 0 Å². The van der Waals surface area contributed by atoms with Crippen molar-refractivity contribution >= 4 is 24.8 Å². The van der Waals surface area contributed by atoms with E-state index in [9.17, 15) is 18.9 Å². The smallest absolute Gasteiger partial charge is 0.304 e. The van der Waals surface area contributed by atoms with E-state index >= 15 is 0 Å². The lowest BCUT2D eigenvalue weighted by Gasteiger charge is -2.20. The fourth-order valence-electron chi connectivity index (χ4n) is 2.83. The van der Waals surface area contributed by atoms with Gasteiger partial charge in [0.05, 0.1) is 19.6 Å². The third kappa shape index (κ3) is 8.65. The van der Waals surface area contributed by atoms with Gasteiger partial charge in [-0.05, 0) is 62.4 Å². The predicted octanol–water partition coefficient (Wildman–Crippen LogP) is 3.89. The van der Waals surface area contributed by atoms with Crippen molar-refractivity contribution in [2.75, 3.05) is 32.1 Å². The average Bonchev–Trinajstić information content (AvgIpc) is 2.74. The molecule has 2 aromatic carbocycles. The number of carbonyl (C=O) groups excluding carboxylic acids is 2. The largest absolute Gasteiger partial charge is 0.493 e. The van der Waals surface area contributed by atoms with Crippen molar-refractivity contribution < 1.29 is 33.5 Å². The number of rotatable bonds is 14. The summed E-state index contributed by atoms with van der Waals surface area (Å²) in [5.41, 5.74) is 1.15. The molecule has 0 saturated heterocycles. The molecule has 0 atom stereocenters. The summed E-state index contributed by atoms with van der Waals surface area (Å²) in [7, 11) is -2.97. The molecule has 0 unspecified atom stereocenters. The Bertz CT molecular complexity index is 903. The Balaban J connectivity index is 1.91. The van der Waals surface area contributed by atoms with Gasteiger partial charge in [0.1, 0.15) is 11.5 Å². The van der Waals surface area contributed by atoms with Crippen LogP contribution in [0, 0.1) is 0 Å². The molecular formula is C23H28NO7P. The minimum atomic E-state index is -2.97. The number of carboxylic acids is 1. The van der Waals surface area contributed by atoms with E-state index in [0.29, 0.717) is 22.6 Å². The number of benzene rings is 2. The van der Waals surface area contributed by atoms with E-state index in [4.69, 9.17) is 14.6 Å². The molecule has 2 N–H and O–H groups in total. The number of hydrogen-bond donors (Lipinski definition) is 2. The van der Waals surface area contributed by atoms with Crippen molar-refractivity contribution in [3.05, 3.63) is 59.7 Å². The molecule has 0 radical (unpaired) electrons. The van der Waals surface area contributed by atoms with E-state index in [1.54, 1.807) is 48.5 Å². The van der Waals surface area contributed by atoms with Gasteiger partial charge in [-0.3, -0.25) is 19.5 Å². The predicted molar refractivity (Wildman–Crippen MR) is 121 cm³/mol. The second-order valence-electron chi connectivity index (χ2n) is 7.25. The topological polar surface area (TPSA) is 119 Å². The summed E-state index contributed by atoms with van der Waals surface area (Å²) in [5.74, 6) is 0.0368. The van der Waals surface area contributed by atoms with E-state index in [1.807, 2.05) is 0 Å². The highest BCUT2D eigenvalue weighted by atomic mass is 31.2. The van der Waals surface area contributed by atoms with Crippen molar-refractivity contribution in [1.82, 2.24) is 5.09 Å². The third-order valence-electron chi connectivity index (χ3n) is 4.70. The van der Waals surface area contributed by atoms with E-state index in [-0.39, 0.29) is 50.1 Å². The average molecular weight is 461 g/mol. The van der Waals surface area contributed by atoms with Gasteiger partial charge in [-0.15, -0.1) is 0 Å². The monoisotopic (exact) mass is 461 g/mol. The van der Waals surface area contributed by atoms with E-state index < -0.39 is 13.3 Å². The number of ether oxygens (including phenoxy) is 2. The highest BCUT2D eigenvalue weighted by Crippen LogP contribution is 2.40. The zero-order chi connectivity index (χ0) is 23.6. The molecule has 0 fully saturated rings. The summed E-state index contributed by atoms with van der Waals surface area (Å²) in [4.78, 5) is 33.5. The van der Waals surface area contributed by atoms with Crippen LogP contribution < -0.4 is 14.6 Å². The number of nitrogens with one attached hydrogen (secondary N) is 1. The Kier molecular flexibility index (Phi) is 9.62. The van der Waals surface area contributed by atoms with Crippen LogP contribution in [0.4, 0.5) is 0 Å². The second kappa shape index (κ2) is 12.2. The van der Waals surface area contributed by atoms with Gasteiger partial charge < -0.3 is 19.1 Å². The molecule has 0 aliphatic rings. The van der Waals surface area contributed by atoms with Gasteiger partial charge >= 0.3 is 5.97 Å². The van der Waals surface area contributed by atoms with Crippen LogP contribution in [0.5, 0.6) is 11.5 Å². The maximum atomic E-state index is 13.3. The lowest BCUT2D eigenvalue weighted by molar-refractivity contribution is -0.136. The molecule has 0 aromatic heterocycles. The Labute approximate surface area is 187 Å². The lowest BCUT2D eigenvalue weighted by atomic mass is 10.1. The van der Waals surface area contributed by atoms with Gasteiger partial charge in [0.25, 0.3) is 0 Å². The van der Waals surface area contributed by atoms with E-state index in [0.717, 1.165) is 0 Å². The van der Waals surface area contributed by atoms with Crippen LogP contribution in [0.3, 0.4) is 0 Å². The fourth-order valence-corrected chi connectivity index (χ4v) is 4.66. The number of hydrogen-bond acceptors (Lipinski definition) is 6. The molecule has 2 rings (SSSR count). The molecule has 0 amide bonds. The number of carbonyl (C=O) groups is 3. The van der Waals surface area contributed by atoms with Crippen LogP contribution in [0.15, 0.2) is 48.5 Å². The Hall–Kier alpha value is -2.96. The Morgan fingerprint density at radius 1 is 0.812 bits per heavy atom. The van der Waals surface area contributed by atoms with E-state index in [2.05, 4.69) is 5.09 Å². The summed E-state index contributed by atoms with van der Waals surface area (Å²) in [5, 5.41) is 11.7. The first-order valence-electron chi connectivity index (χ1n) is 10.2. The van der Waals surface area contributed by atoms with Crippen molar-refractivity contribution in [3.8, 4) is 11.5 Å². The second-order valence-corrected chi connectivity index (χ2v) is 10.2. The quantitative estimate of drug-likeness (QED) is 0.321. The molecule has 32 heavy (non-hydrogen) atoms. The van der Waals surface area contributed by atoms with Crippen LogP contribution >= 0.6 is 7.29 Å². The molecule has 0 aliphatic heterocycles. The normalized spacial score (nSPS) is 11.1. The zero-order valence-electron chi connectivity index (χ0n) is 18.2. The van der Waals surface area contributed by atoms with Crippen molar-refractivity contribution in [2.24, 2.45) is 0 Å². The summed E-state index contributed by atoms with van der Waals surface area (Å²) < 4.78 is 24.6. The fraction of sp³-hybridized carbons (Fsp3) is 0.348. The van der Waals surface area contributed by atoms with Gasteiger partial charge in [-0.25, -0.2) is 0 Å². The van der Waals surface area contributed by atoms with Crippen LogP contribution in [0.1, 0.15) is 41.0 Å². The zero-order valence-corrected chi connectivity index (χ0v) is 19.1. The first-order chi connectivity index (χ1) is 15.2. The van der Waals surface area contributed by atoms with Crippen molar-refractivity contribution in [1.29, 1.82) is 0 Å². The summed E-state index contributed by atoms with van der Waals surface area (Å²) in [6, 6.07) is 13.3. The molecule has 0 spiro atoms. The molecule has 2 aromatic rings. The number of aliphatic carboxylic acids is 1. The summed E-state index contributed by atoms with van der Waals surface area (Å²) >= 11 is 0. The summed E-state index contributed by atoms with van der Waals surface area (Å²) in [6.45, 7) is 3.35. The molecule has 0 heterocycles. The number of carboxylic acid groups (broad SMARTS) is 1. The Morgan fingerprint density at radius 2 is 1.22 bits per heavy atom. The molecular weight excluding hydrogens is 433 g/mol. The highest BCUT2D eigenvalue weighted by molar-refractivity contribution is 7.61. The van der Waals surface area contributed by atoms with E-state index in [1.165, 1.54) is 13.8 Å². The minimum Gasteiger partial charge on any atom is -0.493 e. The van der Waals surface area contributed by atoms with Gasteiger partial charge in [0.15, 0.2) is 18.9 Å². The maximum absolute atomic E-state index is 13.3. The van der Waals surface area contributed by atoms with Gasteiger partial charge in [0.2, 0.25) is 0 Å². The molecule has 172 valence electrons. The molecule has 0 saturated carbocycles.